The molecule has 0 bridgehead atoms. The summed E-state index contributed by atoms with van der Waals surface area (Å²) in [5.74, 6) is -1.31. The van der Waals surface area contributed by atoms with Crippen molar-refractivity contribution in [2.45, 2.75) is 53.4 Å². The van der Waals surface area contributed by atoms with E-state index >= 15 is 0 Å². The number of carbonyl (C=O) groups is 2. The van der Waals surface area contributed by atoms with Crippen molar-refractivity contribution in [3.63, 3.8) is 0 Å². The Balaban J connectivity index is 0.000000908. The minimum absolute atomic E-state index is 0. The fourth-order valence-corrected chi connectivity index (χ4v) is 4.94. The Morgan fingerprint density at radius 3 is 1.12 bits per heavy atom. The van der Waals surface area contributed by atoms with E-state index in [2.05, 4.69) is 74.1 Å². The topological polar surface area (TPSA) is 145 Å². The van der Waals surface area contributed by atoms with Crippen LogP contribution in [0.25, 0.3) is 22.3 Å². The molecule has 0 unspecified atom stereocenters. The zero-order valence-corrected chi connectivity index (χ0v) is 30.5. The fraction of sp³-hybridized carbons (Fsp3) is 0.190. The van der Waals surface area contributed by atoms with Crippen LogP contribution in [0.2, 0.25) is 0 Å². The maximum atomic E-state index is 11.0. The van der Waals surface area contributed by atoms with Gasteiger partial charge < -0.3 is 30.0 Å². The van der Waals surface area contributed by atoms with Gasteiger partial charge in [-0.2, -0.15) is 0 Å². The average Bonchev–Trinajstić information content (AvgIpc) is 3.08. The molecule has 0 aliphatic heterocycles. The number of hydrogen-bond donors (Lipinski definition) is 2. The van der Waals surface area contributed by atoms with Crippen LogP contribution in [0, 0.1) is 0 Å². The number of benzene rings is 5. The van der Waals surface area contributed by atoms with E-state index in [-0.39, 0.29) is 40.1 Å². The molecule has 1 radical (unpaired) electrons. The van der Waals surface area contributed by atoms with Crippen LogP contribution in [0.1, 0.15) is 75.6 Å². The molecule has 0 spiro atoms. The SMILES string of the molecule is CC(=O)[O-].CC(=O)[O-].CC(C)c1cc(-c2ccccc2)cc(C=Nc2ccc(N=Cc3cc(-c4ccccc4)cc(C(C)C)c3O)cc2)c1O.[Co+2]. The molecule has 265 valence electrons. The van der Waals surface area contributed by atoms with Gasteiger partial charge in [-0.15, -0.1) is 0 Å². The monoisotopic (exact) mass is 729 g/mol. The Hall–Kier alpha value is -5.51. The summed E-state index contributed by atoms with van der Waals surface area (Å²) < 4.78 is 0. The van der Waals surface area contributed by atoms with Gasteiger partial charge in [-0.1, -0.05) is 88.4 Å². The van der Waals surface area contributed by atoms with E-state index in [9.17, 15) is 10.2 Å². The third-order valence-corrected chi connectivity index (χ3v) is 7.35. The number of carbonyl (C=O) groups excluding carboxylic acids is 2. The van der Waals surface area contributed by atoms with Crippen LogP contribution in [0.3, 0.4) is 0 Å². The minimum Gasteiger partial charge on any atom is -0.550 e. The van der Waals surface area contributed by atoms with E-state index in [0.717, 1.165) is 58.6 Å². The van der Waals surface area contributed by atoms with Crippen molar-refractivity contribution < 1.29 is 46.8 Å². The Kier molecular flexibility index (Phi) is 16.5. The molecule has 0 amide bonds. The van der Waals surface area contributed by atoms with Gasteiger partial charge in [0.05, 0.1) is 11.4 Å². The molecule has 0 aliphatic carbocycles. The van der Waals surface area contributed by atoms with Crippen molar-refractivity contribution in [3.8, 4) is 33.8 Å². The average molecular weight is 730 g/mol. The van der Waals surface area contributed by atoms with Gasteiger partial charge in [-0.25, -0.2) is 0 Å². The molecule has 51 heavy (non-hydrogen) atoms. The summed E-state index contributed by atoms with van der Waals surface area (Å²) >= 11 is 0. The Labute approximate surface area is 310 Å². The Bertz CT molecular complexity index is 1790. The molecule has 5 aromatic rings. The molecule has 0 heterocycles. The smallest absolute Gasteiger partial charge is 0.550 e. The first-order valence-electron chi connectivity index (χ1n) is 16.1. The third kappa shape index (κ3) is 13.0. The predicted molar refractivity (Wildman–Crippen MR) is 198 cm³/mol. The van der Waals surface area contributed by atoms with Gasteiger partial charge in [0.25, 0.3) is 0 Å². The molecule has 0 aliphatic rings. The van der Waals surface area contributed by atoms with Crippen LogP contribution in [0.5, 0.6) is 11.5 Å². The molecule has 8 nitrogen and oxygen atoms in total. The van der Waals surface area contributed by atoms with Gasteiger partial charge in [0, 0.05) is 35.5 Å². The second-order valence-electron chi connectivity index (χ2n) is 12.1. The summed E-state index contributed by atoms with van der Waals surface area (Å²) in [6.45, 7) is 10.2. The molecular formula is C42H42CoN2O6. The number of phenols is 2. The van der Waals surface area contributed by atoms with Crippen LogP contribution >= 0.6 is 0 Å². The maximum absolute atomic E-state index is 11.0. The van der Waals surface area contributed by atoms with E-state index in [1.807, 2.05) is 72.8 Å². The Morgan fingerprint density at radius 1 is 0.549 bits per heavy atom. The van der Waals surface area contributed by atoms with Crippen molar-refractivity contribution in [1.82, 2.24) is 0 Å². The molecule has 0 fully saturated rings. The molecule has 5 rings (SSSR count). The zero-order valence-electron chi connectivity index (χ0n) is 29.5. The number of phenolic OH excluding ortho intramolecular Hbond substituents is 2. The number of aliphatic carboxylic acids is 2. The van der Waals surface area contributed by atoms with Crippen LogP contribution in [0.4, 0.5) is 11.4 Å². The normalized spacial score (nSPS) is 10.7. The van der Waals surface area contributed by atoms with Crippen LogP contribution in [-0.2, 0) is 26.4 Å². The van der Waals surface area contributed by atoms with Crippen LogP contribution in [0.15, 0.2) is 119 Å². The summed E-state index contributed by atoms with van der Waals surface area (Å²) in [5, 5.41) is 39.7. The second-order valence-corrected chi connectivity index (χ2v) is 12.1. The molecule has 0 saturated heterocycles. The fourth-order valence-electron chi connectivity index (χ4n) is 4.94. The number of aliphatic imine (C=N–C) groups is 2. The van der Waals surface area contributed by atoms with Crippen LogP contribution < -0.4 is 10.2 Å². The quantitative estimate of drug-likeness (QED) is 0.157. The van der Waals surface area contributed by atoms with E-state index < -0.39 is 11.9 Å². The molecule has 9 heteroatoms. The number of aromatic hydroxyl groups is 2. The number of carboxylic acid groups (broad SMARTS) is 2. The third-order valence-electron chi connectivity index (χ3n) is 7.35. The summed E-state index contributed by atoms with van der Waals surface area (Å²) in [5.41, 5.74) is 8.92. The molecule has 0 saturated carbocycles. The molecule has 5 aromatic carbocycles. The van der Waals surface area contributed by atoms with E-state index in [4.69, 9.17) is 19.8 Å². The summed E-state index contributed by atoms with van der Waals surface area (Å²) in [4.78, 5) is 27.1. The summed E-state index contributed by atoms with van der Waals surface area (Å²) in [6, 6.07) is 35.9. The standard InChI is InChI=1S/C38H36N2O2.2C2H4O2.Co/c1-25(2)35-21-29(27-11-7-5-8-12-27)19-31(37(35)41)23-39-33-15-17-34(18-16-33)40-24-32-20-30(28-13-9-6-10-14-28)22-36(26(3)4)38(32)42;2*1-2(3)4;/h5-26,41-42H,1-4H3;2*1H3,(H,3,4);/q;;;+2/p-2. The summed E-state index contributed by atoms with van der Waals surface area (Å²) in [6.07, 6.45) is 3.43. The van der Waals surface area contributed by atoms with Gasteiger partial charge in [-0.05, 0) is 108 Å². The van der Waals surface area contributed by atoms with Crippen molar-refractivity contribution in [3.05, 3.63) is 131 Å². The predicted octanol–water partition coefficient (Wildman–Crippen LogP) is 7.69. The first kappa shape index (κ1) is 41.7. The van der Waals surface area contributed by atoms with Crippen molar-refractivity contribution in [1.29, 1.82) is 0 Å². The molecular weight excluding hydrogens is 687 g/mol. The van der Waals surface area contributed by atoms with Gasteiger partial charge in [-0.3, -0.25) is 9.98 Å². The number of hydrogen-bond acceptors (Lipinski definition) is 8. The van der Waals surface area contributed by atoms with E-state index in [1.165, 1.54) is 0 Å². The first-order chi connectivity index (χ1) is 23.8. The van der Waals surface area contributed by atoms with Gasteiger partial charge in [0.2, 0.25) is 0 Å². The van der Waals surface area contributed by atoms with Gasteiger partial charge in [0.1, 0.15) is 11.5 Å². The molecule has 2 N–H and O–H groups in total. The minimum atomic E-state index is -1.08. The molecule has 0 atom stereocenters. The van der Waals surface area contributed by atoms with Gasteiger partial charge >= 0.3 is 16.8 Å². The van der Waals surface area contributed by atoms with Crippen LogP contribution in [-0.4, -0.2) is 34.6 Å². The van der Waals surface area contributed by atoms with Crippen molar-refractivity contribution in [2.24, 2.45) is 9.98 Å². The Morgan fingerprint density at radius 2 is 0.843 bits per heavy atom. The largest absolute Gasteiger partial charge is 2.00 e. The van der Waals surface area contributed by atoms with Crippen molar-refractivity contribution >= 4 is 35.7 Å². The number of carboxylic acids is 2. The first-order valence-corrected chi connectivity index (χ1v) is 16.1. The van der Waals surface area contributed by atoms with Crippen molar-refractivity contribution in [2.75, 3.05) is 0 Å². The summed E-state index contributed by atoms with van der Waals surface area (Å²) in [7, 11) is 0. The van der Waals surface area contributed by atoms with E-state index in [0.29, 0.717) is 11.1 Å². The van der Waals surface area contributed by atoms with Gasteiger partial charge in [0.15, 0.2) is 0 Å². The number of nitrogens with zero attached hydrogens (tertiary/aromatic N) is 2. The molecule has 0 aromatic heterocycles. The number of rotatable bonds is 8. The zero-order chi connectivity index (χ0) is 36.8. The second kappa shape index (κ2) is 20.2. The maximum Gasteiger partial charge on any atom is 2.00 e. The van der Waals surface area contributed by atoms with E-state index in [1.54, 1.807) is 12.4 Å².